The van der Waals surface area contributed by atoms with Crippen LogP contribution in [0.15, 0.2) is 42.6 Å². The molecular formula is C21H19N3O3. The molecule has 4 rings (SSSR count). The van der Waals surface area contributed by atoms with Crippen molar-refractivity contribution in [3.63, 3.8) is 0 Å². The van der Waals surface area contributed by atoms with E-state index in [2.05, 4.69) is 4.98 Å². The van der Waals surface area contributed by atoms with Gasteiger partial charge in [0.1, 0.15) is 5.69 Å². The summed E-state index contributed by atoms with van der Waals surface area (Å²) in [6.45, 7) is 2.82. The van der Waals surface area contributed by atoms with Gasteiger partial charge in [-0.1, -0.05) is 24.3 Å². The number of hydrogen-bond donors (Lipinski definition) is 0. The van der Waals surface area contributed by atoms with E-state index in [0.717, 1.165) is 27.7 Å². The predicted octanol–water partition coefficient (Wildman–Crippen LogP) is 2.92. The number of amides is 1. The Morgan fingerprint density at radius 1 is 1.15 bits per heavy atom. The fourth-order valence-electron chi connectivity index (χ4n) is 3.57. The first-order valence-corrected chi connectivity index (χ1v) is 8.80. The average molecular weight is 361 g/mol. The third kappa shape index (κ3) is 2.93. The lowest BCUT2D eigenvalue weighted by Gasteiger charge is -2.30. The highest BCUT2D eigenvalue weighted by atomic mass is 16.5. The Hall–Kier alpha value is -3.28. The number of para-hydroxylation sites is 1. The molecule has 1 aromatic carbocycles. The minimum absolute atomic E-state index is 0.151. The maximum Gasteiger partial charge on any atom is 0.338 e. The molecule has 3 aromatic rings. The van der Waals surface area contributed by atoms with E-state index in [1.54, 1.807) is 29.3 Å². The van der Waals surface area contributed by atoms with Crippen LogP contribution >= 0.6 is 0 Å². The van der Waals surface area contributed by atoms with E-state index >= 15 is 0 Å². The summed E-state index contributed by atoms with van der Waals surface area (Å²) in [5.41, 5.74) is 4.32. The van der Waals surface area contributed by atoms with Crippen LogP contribution in [0.1, 0.15) is 37.7 Å². The zero-order valence-electron chi connectivity index (χ0n) is 15.2. The third-order valence-corrected chi connectivity index (χ3v) is 4.93. The summed E-state index contributed by atoms with van der Waals surface area (Å²) >= 11 is 0. The lowest BCUT2D eigenvalue weighted by molar-refractivity contribution is 0.0593. The standard InChI is InChI=1S/C21H19N3O3/c1-13-6-5-7-14-18(21(26)27-2)15-12-24(11-9-16(15)23-19(13)14)20(25)17-8-3-4-10-22-17/h3-8,10H,9,11-12H2,1-2H3. The lowest BCUT2D eigenvalue weighted by Crippen LogP contribution is -2.37. The molecule has 0 aliphatic carbocycles. The van der Waals surface area contributed by atoms with Gasteiger partial charge in [-0.2, -0.15) is 0 Å². The number of esters is 1. The summed E-state index contributed by atoms with van der Waals surface area (Å²) in [5.74, 6) is -0.558. The van der Waals surface area contributed by atoms with Crippen molar-refractivity contribution in [3.05, 3.63) is 70.7 Å². The lowest BCUT2D eigenvalue weighted by atomic mass is 9.94. The molecule has 0 N–H and O–H groups in total. The number of rotatable bonds is 2. The Labute approximate surface area is 156 Å². The van der Waals surface area contributed by atoms with Crippen molar-refractivity contribution in [2.24, 2.45) is 0 Å². The van der Waals surface area contributed by atoms with Gasteiger partial charge < -0.3 is 9.64 Å². The maximum absolute atomic E-state index is 12.8. The SMILES string of the molecule is COC(=O)c1c2c(nc3c(C)cccc13)CCN(C(=O)c1ccccn1)C2. The number of hydrogen-bond acceptors (Lipinski definition) is 5. The van der Waals surface area contributed by atoms with Crippen LogP contribution in [0.3, 0.4) is 0 Å². The first kappa shape index (κ1) is 17.1. The molecule has 1 amide bonds. The fraction of sp³-hybridized carbons (Fsp3) is 0.238. The Balaban J connectivity index is 1.83. The summed E-state index contributed by atoms with van der Waals surface area (Å²) < 4.78 is 5.05. The van der Waals surface area contributed by atoms with E-state index in [9.17, 15) is 9.59 Å². The zero-order valence-corrected chi connectivity index (χ0v) is 15.2. The van der Waals surface area contributed by atoms with Crippen molar-refractivity contribution in [1.82, 2.24) is 14.9 Å². The second-order valence-corrected chi connectivity index (χ2v) is 6.57. The van der Waals surface area contributed by atoms with Gasteiger partial charge in [0.05, 0.1) is 18.2 Å². The number of nitrogens with zero attached hydrogens (tertiary/aromatic N) is 3. The van der Waals surface area contributed by atoms with Crippen LogP contribution in [0.25, 0.3) is 10.9 Å². The van der Waals surface area contributed by atoms with Gasteiger partial charge in [-0.3, -0.25) is 14.8 Å². The highest BCUT2D eigenvalue weighted by Gasteiger charge is 2.29. The van der Waals surface area contributed by atoms with Crippen LogP contribution < -0.4 is 0 Å². The van der Waals surface area contributed by atoms with Crippen molar-refractivity contribution in [2.75, 3.05) is 13.7 Å². The molecule has 27 heavy (non-hydrogen) atoms. The molecule has 0 fully saturated rings. The van der Waals surface area contributed by atoms with Gasteiger partial charge in [-0.25, -0.2) is 4.79 Å². The van der Waals surface area contributed by atoms with Crippen LogP contribution in [-0.4, -0.2) is 40.4 Å². The van der Waals surface area contributed by atoms with Crippen LogP contribution in [-0.2, 0) is 17.7 Å². The molecule has 0 spiro atoms. The van der Waals surface area contributed by atoms with Crippen molar-refractivity contribution in [1.29, 1.82) is 0 Å². The van der Waals surface area contributed by atoms with E-state index in [0.29, 0.717) is 30.8 Å². The predicted molar refractivity (Wildman–Crippen MR) is 101 cm³/mol. The number of aromatic nitrogens is 2. The van der Waals surface area contributed by atoms with E-state index in [-0.39, 0.29) is 5.91 Å². The minimum atomic E-state index is -0.406. The minimum Gasteiger partial charge on any atom is -0.465 e. The van der Waals surface area contributed by atoms with Gasteiger partial charge in [-0.05, 0) is 24.6 Å². The number of carbonyl (C=O) groups excluding carboxylic acids is 2. The normalized spacial score (nSPS) is 13.3. The number of fused-ring (bicyclic) bond motifs is 2. The van der Waals surface area contributed by atoms with Crippen molar-refractivity contribution < 1.29 is 14.3 Å². The van der Waals surface area contributed by atoms with E-state index < -0.39 is 5.97 Å². The van der Waals surface area contributed by atoms with E-state index in [1.807, 2.05) is 25.1 Å². The highest BCUT2D eigenvalue weighted by Crippen LogP contribution is 2.30. The van der Waals surface area contributed by atoms with E-state index in [1.165, 1.54) is 7.11 Å². The van der Waals surface area contributed by atoms with Gasteiger partial charge >= 0.3 is 5.97 Å². The third-order valence-electron chi connectivity index (χ3n) is 4.93. The fourth-order valence-corrected chi connectivity index (χ4v) is 3.57. The average Bonchev–Trinajstić information content (AvgIpc) is 2.72. The molecule has 1 aliphatic rings. The molecule has 0 saturated carbocycles. The molecule has 0 atom stereocenters. The highest BCUT2D eigenvalue weighted by molar-refractivity contribution is 6.06. The van der Waals surface area contributed by atoms with Gasteiger partial charge in [0.2, 0.25) is 0 Å². The molecule has 6 nitrogen and oxygen atoms in total. The summed E-state index contributed by atoms with van der Waals surface area (Å²) in [6.07, 6.45) is 2.19. The Morgan fingerprint density at radius 2 is 2.00 bits per heavy atom. The summed E-state index contributed by atoms with van der Waals surface area (Å²) in [6, 6.07) is 11.0. The first-order chi connectivity index (χ1) is 13.1. The monoisotopic (exact) mass is 361 g/mol. The molecule has 0 saturated heterocycles. The van der Waals surface area contributed by atoms with Gasteiger partial charge in [-0.15, -0.1) is 0 Å². The van der Waals surface area contributed by atoms with Crippen LogP contribution in [0.5, 0.6) is 0 Å². The van der Waals surface area contributed by atoms with E-state index in [4.69, 9.17) is 9.72 Å². The van der Waals surface area contributed by atoms with Gasteiger partial charge in [0.15, 0.2) is 0 Å². The number of ether oxygens (including phenoxy) is 1. The summed E-state index contributed by atoms with van der Waals surface area (Å²) in [5, 5.41) is 0.757. The molecule has 1 aliphatic heterocycles. The molecule has 0 bridgehead atoms. The van der Waals surface area contributed by atoms with Crippen LogP contribution in [0.4, 0.5) is 0 Å². The number of carbonyl (C=O) groups is 2. The van der Waals surface area contributed by atoms with Gasteiger partial charge in [0.25, 0.3) is 5.91 Å². The van der Waals surface area contributed by atoms with Crippen LogP contribution in [0.2, 0.25) is 0 Å². The summed E-state index contributed by atoms with van der Waals surface area (Å²) in [4.78, 5) is 36.0. The first-order valence-electron chi connectivity index (χ1n) is 8.80. The molecule has 6 heteroatoms. The number of benzene rings is 1. The topological polar surface area (TPSA) is 72.4 Å². The second kappa shape index (κ2) is 6.79. The zero-order chi connectivity index (χ0) is 19.0. The Kier molecular flexibility index (Phi) is 4.32. The molecule has 2 aromatic heterocycles. The molecule has 0 radical (unpaired) electrons. The second-order valence-electron chi connectivity index (χ2n) is 6.57. The van der Waals surface area contributed by atoms with Crippen LogP contribution in [0, 0.1) is 6.92 Å². The van der Waals surface area contributed by atoms with Crippen molar-refractivity contribution in [2.45, 2.75) is 19.9 Å². The number of methoxy groups -OCH3 is 1. The molecule has 0 unspecified atom stereocenters. The Bertz CT molecular complexity index is 1050. The van der Waals surface area contributed by atoms with Gasteiger partial charge in [0, 0.05) is 42.4 Å². The van der Waals surface area contributed by atoms with Crippen molar-refractivity contribution >= 4 is 22.8 Å². The summed E-state index contributed by atoms with van der Waals surface area (Å²) in [7, 11) is 1.37. The molecular weight excluding hydrogens is 342 g/mol. The number of pyridine rings is 2. The molecule has 136 valence electrons. The number of aryl methyl sites for hydroxylation is 1. The van der Waals surface area contributed by atoms with Crippen molar-refractivity contribution in [3.8, 4) is 0 Å². The maximum atomic E-state index is 12.8. The Morgan fingerprint density at radius 3 is 2.74 bits per heavy atom. The largest absolute Gasteiger partial charge is 0.465 e. The quantitative estimate of drug-likeness (QED) is 0.656. The molecule has 3 heterocycles. The smallest absolute Gasteiger partial charge is 0.338 e.